The third-order valence-electron chi connectivity index (χ3n) is 16.3. The minimum atomic E-state index is -4.98. The first-order chi connectivity index (χ1) is 47.7. The van der Waals surface area contributed by atoms with E-state index in [0.717, 1.165) is 180 Å². The molecule has 17 nitrogen and oxygen atoms in total. The Labute approximate surface area is 595 Å². The minimum absolute atomic E-state index is 0.0825. The van der Waals surface area contributed by atoms with E-state index in [-0.39, 0.29) is 25.7 Å². The van der Waals surface area contributed by atoms with Crippen molar-refractivity contribution in [2.45, 2.75) is 354 Å². The van der Waals surface area contributed by atoms with Crippen LogP contribution in [0.1, 0.15) is 336 Å². The summed E-state index contributed by atoms with van der Waals surface area (Å²) in [6, 6.07) is 0. The fraction of sp³-hybridized carbons (Fsp3) is 0.772. The van der Waals surface area contributed by atoms with Crippen LogP contribution in [0.4, 0.5) is 0 Å². The van der Waals surface area contributed by atoms with Crippen LogP contribution < -0.4 is 0 Å². The zero-order valence-electron chi connectivity index (χ0n) is 62.0. The van der Waals surface area contributed by atoms with Gasteiger partial charge in [0.05, 0.1) is 26.4 Å². The van der Waals surface area contributed by atoms with Crippen LogP contribution in [0.5, 0.6) is 0 Å². The number of aliphatic hydroxyl groups excluding tert-OH is 1. The second-order valence-electron chi connectivity index (χ2n) is 25.9. The number of rotatable bonds is 73. The fourth-order valence-electron chi connectivity index (χ4n) is 10.3. The lowest BCUT2D eigenvalue weighted by atomic mass is 10.1. The second kappa shape index (κ2) is 71.6. The molecule has 0 aromatic carbocycles. The maximum absolute atomic E-state index is 13.1. The van der Waals surface area contributed by atoms with E-state index in [1.54, 1.807) is 0 Å². The van der Waals surface area contributed by atoms with Crippen LogP contribution in [0.2, 0.25) is 0 Å². The molecule has 0 aromatic heterocycles. The van der Waals surface area contributed by atoms with E-state index < -0.39 is 97.5 Å². The average Bonchev–Trinajstić information content (AvgIpc) is 0.973. The molecule has 0 radical (unpaired) electrons. The predicted octanol–water partition coefficient (Wildman–Crippen LogP) is 22.2. The molecule has 0 bridgehead atoms. The number of unbranched alkanes of at least 4 members (excludes halogenated alkanes) is 33. The number of phosphoric acid groups is 2. The lowest BCUT2D eigenvalue weighted by molar-refractivity contribution is -0.161. The van der Waals surface area contributed by atoms with E-state index in [1.165, 1.54) is 77.0 Å². The maximum atomic E-state index is 13.1. The molecule has 0 saturated heterocycles. The lowest BCUT2D eigenvalue weighted by Crippen LogP contribution is -2.30. The Kier molecular flexibility index (Phi) is 68.9. The summed E-state index contributed by atoms with van der Waals surface area (Å²) in [7, 11) is -9.95. The van der Waals surface area contributed by atoms with Crippen molar-refractivity contribution in [2.24, 2.45) is 0 Å². The highest BCUT2D eigenvalue weighted by atomic mass is 31.2. The molecule has 0 saturated carbocycles. The number of carbonyl (C=O) groups excluding carboxylic acids is 4. The van der Waals surface area contributed by atoms with Gasteiger partial charge in [0.15, 0.2) is 12.2 Å². The van der Waals surface area contributed by atoms with E-state index in [2.05, 4.69) is 113 Å². The Bertz CT molecular complexity index is 2190. The molecule has 0 aliphatic heterocycles. The van der Waals surface area contributed by atoms with Crippen molar-refractivity contribution in [1.82, 2.24) is 0 Å². The Balaban J connectivity index is 5.31. The van der Waals surface area contributed by atoms with Crippen LogP contribution in [-0.2, 0) is 65.4 Å². The van der Waals surface area contributed by atoms with Crippen molar-refractivity contribution in [1.29, 1.82) is 0 Å². The fourth-order valence-corrected chi connectivity index (χ4v) is 11.9. The topological polar surface area (TPSA) is 237 Å². The standard InChI is InChI=1S/C79H140O17P2/c1-5-9-13-17-21-25-29-32-34-35-36-37-39-42-45-48-52-56-60-64-77(82)90-70-75(96-79(84)66-62-58-54-50-46-40-31-27-23-19-15-11-7-3)72-94-98(87,88)92-68-73(80)67-91-97(85,86)93-71-74(95-78(83)65-61-57-53-49-43-28-24-20-16-12-8-4)69-89-76(81)63-59-55-51-47-44-41-38-33-30-26-22-18-14-10-6-2/h20-22,24-27,31-34,36-38,73-75,80H,5-19,23,28-30,35,39-72H2,1-4H3,(H,85,86)(H,87,88)/b24-20-,25-21-,26-22-,31-27-,34-32-,37-36-,38-33-. The molecule has 5 unspecified atom stereocenters. The first-order valence-electron chi connectivity index (χ1n) is 38.8. The third-order valence-corrected chi connectivity index (χ3v) is 18.2. The highest BCUT2D eigenvalue weighted by Gasteiger charge is 2.30. The first kappa shape index (κ1) is 94.2. The summed E-state index contributed by atoms with van der Waals surface area (Å²) in [5, 5.41) is 10.6. The predicted molar refractivity (Wildman–Crippen MR) is 399 cm³/mol. The number of aliphatic hydroxyl groups is 1. The van der Waals surface area contributed by atoms with Crippen molar-refractivity contribution in [3.8, 4) is 0 Å². The van der Waals surface area contributed by atoms with Gasteiger partial charge < -0.3 is 33.8 Å². The summed E-state index contributed by atoms with van der Waals surface area (Å²) in [4.78, 5) is 72.8. The van der Waals surface area contributed by atoms with Gasteiger partial charge in [-0.3, -0.25) is 37.3 Å². The second-order valence-corrected chi connectivity index (χ2v) is 28.8. The summed E-state index contributed by atoms with van der Waals surface area (Å²) in [6.07, 6.45) is 72.8. The quantitative estimate of drug-likeness (QED) is 0.0169. The van der Waals surface area contributed by atoms with Gasteiger partial charge in [0.2, 0.25) is 0 Å². The van der Waals surface area contributed by atoms with Crippen LogP contribution in [0.25, 0.3) is 0 Å². The normalized spacial score (nSPS) is 14.4. The molecule has 0 aliphatic carbocycles. The molecule has 3 N–H and O–H groups in total. The van der Waals surface area contributed by atoms with Crippen molar-refractivity contribution in [3.05, 3.63) is 85.1 Å². The van der Waals surface area contributed by atoms with Crippen molar-refractivity contribution >= 4 is 39.5 Å². The zero-order chi connectivity index (χ0) is 71.8. The highest BCUT2D eigenvalue weighted by Crippen LogP contribution is 2.45. The number of hydrogen-bond acceptors (Lipinski definition) is 15. The minimum Gasteiger partial charge on any atom is -0.462 e. The van der Waals surface area contributed by atoms with Gasteiger partial charge in [0, 0.05) is 25.7 Å². The van der Waals surface area contributed by atoms with Crippen LogP contribution in [0.3, 0.4) is 0 Å². The molecular formula is C79H140O17P2. The van der Waals surface area contributed by atoms with Crippen LogP contribution in [-0.4, -0.2) is 96.7 Å². The monoisotopic (exact) mass is 1420 g/mol. The van der Waals surface area contributed by atoms with Crippen LogP contribution >= 0.6 is 15.6 Å². The molecule has 19 heteroatoms. The molecule has 5 atom stereocenters. The Morgan fingerprint density at radius 1 is 0.286 bits per heavy atom. The first-order valence-corrected chi connectivity index (χ1v) is 41.8. The number of hydrogen-bond donors (Lipinski definition) is 3. The van der Waals surface area contributed by atoms with Gasteiger partial charge in [0.1, 0.15) is 19.3 Å². The van der Waals surface area contributed by atoms with Gasteiger partial charge in [-0.15, -0.1) is 0 Å². The van der Waals surface area contributed by atoms with Crippen molar-refractivity contribution in [3.63, 3.8) is 0 Å². The summed E-state index contributed by atoms with van der Waals surface area (Å²) in [6.45, 7) is 4.74. The number of phosphoric ester groups is 2. The van der Waals surface area contributed by atoms with Crippen molar-refractivity contribution in [2.75, 3.05) is 39.6 Å². The molecule has 0 heterocycles. The third kappa shape index (κ3) is 70.7. The van der Waals surface area contributed by atoms with Gasteiger partial charge in [0.25, 0.3) is 0 Å². The molecule has 0 fully saturated rings. The van der Waals surface area contributed by atoms with Gasteiger partial charge in [-0.2, -0.15) is 0 Å². The number of allylic oxidation sites excluding steroid dienone is 14. The van der Waals surface area contributed by atoms with E-state index >= 15 is 0 Å². The molecule has 0 aliphatic rings. The van der Waals surface area contributed by atoms with Gasteiger partial charge in [-0.1, -0.05) is 254 Å². The summed E-state index contributed by atoms with van der Waals surface area (Å²) >= 11 is 0. The number of ether oxygens (including phenoxy) is 4. The SMILES string of the molecule is CCCC/C=C\CCCCCCCC(=O)OC(COC(=O)CCCCCCC/C=C\C/C=C\CCCCC)COP(=O)(O)OCC(O)COP(=O)(O)OCC(COC(=O)CCCCCCCC/C=C\C/C=C\C/C=C\CCCCC)OC(=O)CCCCCCC/C=C\CCCCCC. The number of esters is 4. The largest absolute Gasteiger partial charge is 0.472 e. The van der Waals surface area contributed by atoms with Crippen LogP contribution in [0, 0.1) is 0 Å². The smallest absolute Gasteiger partial charge is 0.462 e. The van der Waals surface area contributed by atoms with E-state index in [9.17, 15) is 43.2 Å². The molecule has 0 amide bonds. The molecule has 0 aromatic rings. The molecular weight excluding hydrogens is 1280 g/mol. The Morgan fingerprint density at radius 2 is 0.510 bits per heavy atom. The Morgan fingerprint density at radius 3 is 0.827 bits per heavy atom. The van der Waals surface area contributed by atoms with Gasteiger partial charge in [-0.25, -0.2) is 9.13 Å². The lowest BCUT2D eigenvalue weighted by Gasteiger charge is -2.21. The zero-order valence-corrected chi connectivity index (χ0v) is 63.7. The molecule has 98 heavy (non-hydrogen) atoms. The summed E-state index contributed by atoms with van der Waals surface area (Å²) in [5.74, 6) is -2.21. The Hall–Kier alpha value is -3.76. The van der Waals surface area contributed by atoms with E-state index in [0.29, 0.717) is 25.7 Å². The van der Waals surface area contributed by atoms with E-state index in [4.69, 9.17) is 37.0 Å². The summed E-state index contributed by atoms with van der Waals surface area (Å²) in [5.41, 5.74) is 0. The molecule has 0 spiro atoms. The maximum Gasteiger partial charge on any atom is 0.472 e. The molecule has 568 valence electrons. The molecule has 0 rings (SSSR count). The number of carbonyl (C=O) groups is 4. The van der Waals surface area contributed by atoms with Crippen molar-refractivity contribution < 1.29 is 80.2 Å². The van der Waals surface area contributed by atoms with Crippen LogP contribution in [0.15, 0.2) is 85.1 Å². The van der Waals surface area contributed by atoms with Gasteiger partial charge in [-0.05, 0) is 141 Å². The highest BCUT2D eigenvalue weighted by molar-refractivity contribution is 7.47. The van der Waals surface area contributed by atoms with E-state index in [1.807, 2.05) is 0 Å². The van der Waals surface area contributed by atoms with Gasteiger partial charge >= 0.3 is 39.5 Å². The summed E-state index contributed by atoms with van der Waals surface area (Å²) < 4.78 is 68.4. The average molecular weight is 1420 g/mol.